The van der Waals surface area contributed by atoms with Gasteiger partial charge >= 0.3 is 0 Å². The summed E-state index contributed by atoms with van der Waals surface area (Å²) in [5, 5.41) is 12.0. The summed E-state index contributed by atoms with van der Waals surface area (Å²) in [6.07, 6.45) is 1.88. The van der Waals surface area contributed by atoms with Crippen LogP contribution in [0.2, 0.25) is 0 Å². The second kappa shape index (κ2) is 5.38. The van der Waals surface area contributed by atoms with Gasteiger partial charge in [-0.05, 0) is 31.5 Å². The van der Waals surface area contributed by atoms with Crippen molar-refractivity contribution in [2.24, 2.45) is 0 Å². The lowest BCUT2D eigenvalue weighted by molar-refractivity contribution is 0.582. The normalized spacial score (nSPS) is 19.4. The summed E-state index contributed by atoms with van der Waals surface area (Å²) in [7, 11) is -3.41. The monoisotopic (exact) mass is 265 g/mol. The summed E-state index contributed by atoms with van der Waals surface area (Å²) >= 11 is 0. The van der Waals surface area contributed by atoms with Crippen molar-refractivity contribution in [3.05, 3.63) is 29.8 Å². The number of nitrogens with one attached hydrogen (secondary N) is 2. The summed E-state index contributed by atoms with van der Waals surface area (Å²) in [6, 6.07) is 8.57. The number of nitrogens with zero attached hydrogens (tertiary/aromatic N) is 1. The molecule has 1 aliphatic rings. The first kappa shape index (κ1) is 12.9. The Hall–Kier alpha value is -1.58. The third-order valence-electron chi connectivity index (χ3n) is 2.90. The van der Waals surface area contributed by atoms with E-state index in [0.717, 1.165) is 19.4 Å². The molecule has 0 aliphatic carbocycles. The van der Waals surface area contributed by atoms with Crippen LogP contribution in [0.3, 0.4) is 0 Å². The first-order valence-electron chi connectivity index (χ1n) is 5.84. The highest BCUT2D eigenvalue weighted by Crippen LogP contribution is 2.16. The van der Waals surface area contributed by atoms with Crippen molar-refractivity contribution in [3.63, 3.8) is 0 Å². The maximum atomic E-state index is 12.0. The number of hydrogen-bond donors (Lipinski definition) is 2. The van der Waals surface area contributed by atoms with E-state index in [1.54, 1.807) is 24.3 Å². The molecule has 6 heteroatoms. The van der Waals surface area contributed by atoms with Gasteiger partial charge in [0, 0.05) is 6.04 Å². The maximum Gasteiger partial charge on any atom is 0.234 e. The van der Waals surface area contributed by atoms with Gasteiger partial charge in [0.15, 0.2) is 0 Å². The Morgan fingerprint density at radius 1 is 1.44 bits per heavy atom. The molecular formula is C12H15N3O2S. The van der Waals surface area contributed by atoms with Gasteiger partial charge in [0.2, 0.25) is 10.0 Å². The molecule has 1 aliphatic heterocycles. The van der Waals surface area contributed by atoms with Crippen molar-refractivity contribution in [2.45, 2.75) is 18.9 Å². The van der Waals surface area contributed by atoms with Crippen molar-refractivity contribution in [2.75, 3.05) is 17.0 Å². The van der Waals surface area contributed by atoms with Crippen LogP contribution in [-0.2, 0) is 10.0 Å². The molecule has 0 aromatic heterocycles. The second-order valence-electron chi connectivity index (χ2n) is 4.33. The highest BCUT2D eigenvalue weighted by Gasteiger charge is 2.22. The van der Waals surface area contributed by atoms with Crippen LogP contribution >= 0.6 is 0 Å². The highest BCUT2D eigenvalue weighted by atomic mass is 32.2. The van der Waals surface area contributed by atoms with Crippen molar-refractivity contribution in [1.29, 1.82) is 5.26 Å². The maximum absolute atomic E-state index is 12.0. The zero-order valence-electron chi connectivity index (χ0n) is 9.89. The summed E-state index contributed by atoms with van der Waals surface area (Å²) < 4.78 is 26.4. The van der Waals surface area contributed by atoms with Crippen molar-refractivity contribution < 1.29 is 8.42 Å². The van der Waals surface area contributed by atoms with Gasteiger partial charge in [0.25, 0.3) is 0 Å². The third-order valence-corrected chi connectivity index (χ3v) is 4.27. The zero-order chi connectivity index (χ0) is 13.0. The molecule has 0 spiro atoms. The first-order chi connectivity index (χ1) is 8.61. The topological polar surface area (TPSA) is 82.0 Å². The van der Waals surface area contributed by atoms with E-state index >= 15 is 0 Å². The Labute approximate surface area is 107 Å². The summed E-state index contributed by atoms with van der Waals surface area (Å²) in [5.41, 5.74) is 0.679. The van der Waals surface area contributed by atoms with E-state index in [9.17, 15) is 8.42 Å². The lowest BCUT2D eigenvalue weighted by Crippen LogP contribution is -2.32. The molecule has 1 saturated heterocycles. The second-order valence-corrected chi connectivity index (χ2v) is 6.10. The molecular weight excluding hydrogens is 250 g/mol. The van der Waals surface area contributed by atoms with E-state index < -0.39 is 10.0 Å². The number of para-hydroxylation sites is 1. The molecule has 0 radical (unpaired) electrons. The van der Waals surface area contributed by atoms with E-state index in [0.29, 0.717) is 11.3 Å². The van der Waals surface area contributed by atoms with E-state index in [-0.39, 0.29) is 11.8 Å². The Morgan fingerprint density at radius 2 is 2.22 bits per heavy atom. The minimum absolute atomic E-state index is 0.0109. The van der Waals surface area contributed by atoms with Crippen LogP contribution in [0.5, 0.6) is 0 Å². The molecule has 5 nitrogen and oxygen atoms in total. The molecule has 1 atom stereocenters. The highest BCUT2D eigenvalue weighted by molar-refractivity contribution is 7.92. The molecule has 1 heterocycles. The largest absolute Gasteiger partial charge is 0.313 e. The fourth-order valence-electron chi connectivity index (χ4n) is 2.04. The fraction of sp³-hybridized carbons (Fsp3) is 0.417. The summed E-state index contributed by atoms with van der Waals surface area (Å²) in [5.74, 6) is 0.0484. The lowest BCUT2D eigenvalue weighted by Gasteiger charge is -2.13. The fourth-order valence-corrected chi connectivity index (χ4v) is 3.45. The van der Waals surface area contributed by atoms with Gasteiger partial charge in [-0.15, -0.1) is 0 Å². The van der Waals surface area contributed by atoms with E-state index in [1.165, 1.54) is 0 Å². The molecule has 18 heavy (non-hydrogen) atoms. The van der Waals surface area contributed by atoms with Gasteiger partial charge < -0.3 is 5.32 Å². The zero-order valence-corrected chi connectivity index (χ0v) is 10.7. The van der Waals surface area contributed by atoms with Crippen LogP contribution in [0.15, 0.2) is 24.3 Å². The van der Waals surface area contributed by atoms with Crippen LogP contribution in [0.4, 0.5) is 5.69 Å². The Morgan fingerprint density at radius 3 is 2.89 bits per heavy atom. The number of rotatable bonds is 4. The van der Waals surface area contributed by atoms with Gasteiger partial charge in [-0.2, -0.15) is 5.26 Å². The van der Waals surface area contributed by atoms with Crippen LogP contribution < -0.4 is 10.0 Å². The Balaban J connectivity index is 2.10. The molecule has 1 aromatic carbocycles. The van der Waals surface area contributed by atoms with Gasteiger partial charge in [0.05, 0.1) is 17.0 Å². The Kier molecular flexibility index (Phi) is 3.84. The number of anilines is 1. The molecule has 0 saturated carbocycles. The molecule has 1 fully saturated rings. The van der Waals surface area contributed by atoms with Crippen molar-refractivity contribution >= 4 is 15.7 Å². The van der Waals surface area contributed by atoms with E-state index in [4.69, 9.17) is 5.26 Å². The van der Waals surface area contributed by atoms with Crippen molar-refractivity contribution in [1.82, 2.24) is 5.32 Å². The van der Waals surface area contributed by atoms with Crippen LogP contribution in [0.25, 0.3) is 0 Å². The smallest absolute Gasteiger partial charge is 0.234 e. The quantitative estimate of drug-likeness (QED) is 0.852. The predicted molar refractivity (Wildman–Crippen MR) is 69.6 cm³/mol. The van der Waals surface area contributed by atoms with E-state index in [2.05, 4.69) is 10.0 Å². The molecule has 2 rings (SSSR count). The van der Waals surface area contributed by atoms with Gasteiger partial charge in [-0.3, -0.25) is 4.72 Å². The minimum atomic E-state index is -3.41. The van der Waals surface area contributed by atoms with Gasteiger partial charge in [-0.25, -0.2) is 8.42 Å². The third kappa shape index (κ3) is 3.22. The average Bonchev–Trinajstić information content (AvgIpc) is 2.81. The van der Waals surface area contributed by atoms with E-state index in [1.807, 2.05) is 6.07 Å². The minimum Gasteiger partial charge on any atom is -0.313 e. The summed E-state index contributed by atoms with van der Waals surface area (Å²) in [4.78, 5) is 0. The number of sulfonamides is 1. The molecule has 0 bridgehead atoms. The SMILES string of the molecule is N#Cc1ccccc1NS(=O)(=O)CC1CCCN1. The molecule has 96 valence electrons. The molecule has 1 aromatic rings. The molecule has 0 amide bonds. The predicted octanol–water partition coefficient (Wildman–Crippen LogP) is 1.05. The molecule has 1 unspecified atom stereocenters. The standard InChI is InChI=1S/C12H15N3O2S/c13-8-10-4-1-2-6-12(10)15-18(16,17)9-11-5-3-7-14-11/h1-2,4,6,11,14-15H,3,5,7,9H2. The van der Waals surface area contributed by atoms with Gasteiger partial charge in [0.1, 0.15) is 6.07 Å². The number of benzene rings is 1. The first-order valence-corrected chi connectivity index (χ1v) is 7.49. The van der Waals surface area contributed by atoms with Crippen LogP contribution in [0, 0.1) is 11.3 Å². The number of nitriles is 1. The molecule has 2 N–H and O–H groups in total. The van der Waals surface area contributed by atoms with Gasteiger partial charge in [-0.1, -0.05) is 12.1 Å². The van der Waals surface area contributed by atoms with Crippen LogP contribution in [0.1, 0.15) is 18.4 Å². The average molecular weight is 265 g/mol. The summed E-state index contributed by atoms with van der Waals surface area (Å²) in [6.45, 7) is 0.870. The van der Waals surface area contributed by atoms with Crippen molar-refractivity contribution in [3.8, 4) is 6.07 Å². The lowest BCUT2D eigenvalue weighted by atomic mass is 10.2. The van der Waals surface area contributed by atoms with Crippen LogP contribution in [-0.4, -0.2) is 26.8 Å². The number of hydrogen-bond acceptors (Lipinski definition) is 4. The Bertz CT molecular complexity index is 557.